The van der Waals surface area contributed by atoms with Gasteiger partial charge in [0.15, 0.2) is 5.60 Å². The van der Waals surface area contributed by atoms with Gasteiger partial charge in [-0.1, -0.05) is 51.2 Å². The number of alkyl halides is 3. The van der Waals surface area contributed by atoms with E-state index in [2.05, 4.69) is 23.3 Å². The molecule has 2 aromatic rings. The summed E-state index contributed by atoms with van der Waals surface area (Å²) in [6.45, 7) is 5.67. The minimum atomic E-state index is -4.49. The van der Waals surface area contributed by atoms with Crippen molar-refractivity contribution in [1.82, 2.24) is 10.3 Å². The van der Waals surface area contributed by atoms with E-state index in [4.69, 9.17) is 4.74 Å². The average Bonchev–Trinajstić information content (AvgIpc) is 2.84. The van der Waals surface area contributed by atoms with Crippen molar-refractivity contribution in [2.24, 2.45) is 11.8 Å². The summed E-state index contributed by atoms with van der Waals surface area (Å²) in [5.74, 6) is 0.390. The van der Waals surface area contributed by atoms with Gasteiger partial charge in [-0.25, -0.2) is 4.98 Å². The highest BCUT2D eigenvalue weighted by atomic mass is 19.4. The summed E-state index contributed by atoms with van der Waals surface area (Å²) in [5.41, 5.74) is -0.650. The molecule has 0 saturated heterocycles. The topological polar surface area (TPSA) is 75.0 Å². The number of nitrogens with one attached hydrogen (secondary N) is 1. The summed E-state index contributed by atoms with van der Waals surface area (Å²) in [4.78, 5) is 16.8. The van der Waals surface area contributed by atoms with Crippen LogP contribution in [0.4, 0.5) is 13.2 Å². The minimum absolute atomic E-state index is 0.00958. The Kier molecular flexibility index (Phi) is 8.42. The van der Waals surface area contributed by atoms with Gasteiger partial charge in [0.1, 0.15) is 0 Å². The molecular weight excluding hydrogens is 455 g/mol. The lowest BCUT2D eigenvalue weighted by atomic mass is 9.72. The maximum Gasteiger partial charge on any atom is 0.417 e. The molecular formula is C27H32F3N3O2. The first-order chi connectivity index (χ1) is 16.5. The lowest BCUT2D eigenvalue weighted by molar-refractivity contribution is -0.138. The molecule has 0 aliphatic heterocycles. The molecule has 1 N–H and O–H groups in total. The van der Waals surface area contributed by atoms with Crippen LogP contribution in [0.2, 0.25) is 0 Å². The number of hydrogen-bond donors (Lipinski definition) is 1. The molecule has 0 spiro atoms. The highest BCUT2D eigenvalue weighted by molar-refractivity contribution is 5.84. The van der Waals surface area contributed by atoms with Crippen molar-refractivity contribution in [2.75, 3.05) is 6.54 Å². The van der Waals surface area contributed by atoms with E-state index in [0.717, 1.165) is 30.5 Å². The van der Waals surface area contributed by atoms with Crippen LogP contribution in [0.25, 0.3) is 0 Å². The second-order valence-corrected chi connectivity index (χ2v) is 9.81. The number of halogens is 3. The molecule has 3 rings (SSSR count). The third kappa shape index (κ3) is 6.97. The van der Waals surface area contributed by atoms with Crippen LogP contribution in [0.3, 0.4) is 0 Å². The third-order valence-electron chi connectivity index (χ3n) is 6.92. The van der Waals surface area contributed by atoms with Crippen LogP contribution in [0.15, 0.2) is 42.6 Å². The second kappa shape index (κ2) is 11.1. The standard InChI is InChI=1S/C27H32F3N3O2/c1-18(20-9-5-4-6-10-20)23(21-11-7-8-19(14-21)15-31)17-33-25(34)26(2,3)35-24-13-12-22(16-32-24)27(28,29)30/h7-8,11-14,16,18,20,23H,4-6,9-10,17H2,1-3H3,(H,33,34). The minimum Gasteiger partial charge on any atom is -0.462 e. The van der Waals surface area contributed by atoms with Crippen LogP contribution in [0.1, 0.15) is 75.5 Å². The zero-order valence-corrected chi connectivity index (χ0v) is 20.4. The molecule has 1 aromatic heterocycles. The first-order valence-electron chi connectivity index (χ1n) is 12.0. The molecule has 1 saturated carbocycles. The number of ether oxygens (including phenoxy) is 1. The summed E-state index contributed by atoms with van der Waals surface area (Å²) in [7, 11) is 0. The van der Waals surface area contributed by atoms with Gasteiger partial charge in [0, 0.05) is 24.7 Å². The van der Waals surface area contributed by atoms with E-state index in [-0.39, 0.29) is 11.8 Å². The number of nitriles is 1. The number of carbonyl (C=O) groups excluding carboxylic acids is 1. The quantitative estimate of drug-likeness (QED) is 0.478. The van der Waals surface area contributed by atoms with E-state index in [1.54, 1.807) is 19.9 Å². The fourth-order valence-electron chi connectivity index (χ4n) is 4.77. The average molecular weight is 488 g/mol. The molecule has 1 heterocycles. The smallest absolute Gasteiger partial charge is 0.417 e. The van der Waals surface area contributed by atoms with Crippen LogP contribution in [-0.2, 0) is 11.0 Å². The van der Waals surface area contributed by atoms with Crippen LogP contribution in [0.5, 0.6) is 5.88 Å². The highest BCUT2D eigenvalue weighted by Crippen LogP contribution is 2.38. The highest BCUT2D eigenvalue weighted by Gasteiger charge is 2.34. The molecule has 8 heteroatoms. The van der Waals surface area contributed by atoms with E-state index in [9.17, 15) is 23.2 Å². The van der Waals surface area contributed by atoms with E-state index in [1.807, 2.05) is 18.2 Å². The van der Waals surface area contributed by atoms with Gasteiger partial charge in [-0.15, -0.1) is 0 Å². The number of hydrogen-bond acceptors (Lipinski definition) is 4. The van der Waals surface area contributed by atoms with Crippen LogP contribution in [-0.4, -0.2) is 23.0 Å². The molecule has 35 heavy (non-hydrogen) atoms. The van der Waals surface area contributed by atoms with Gasteiger partial charge < -0.3 is 10.1 Å². The van der Waals surface area contributed by atoms with Crippen molar-refractivity contribution in [3.8, 4) is 11.9 Å². The zero-order valence-electron chi connectivity index (χ0n) is 20.4. The van der Waals surface area contributed by atoms with Gasteiger partial charge >= 0.3 is 6.18 Å². The van der Waals surface area contributed by atoms with Gasteiger partial charge in [-0.2, -0.15) is 18.4 Å². The molecule has 1 aromatic carbocycles. The summed E-state index contributed by atoms with van der Waals surface area (Å²) < 4.78 is 44.0. The molecule has 2 unspecified atom stereocenters. The predicted octanol–water partition coefficient (Wildman–Crippen LogP) is 6.25. The Morgan fingerprint density at radius 2 is 1.91 bits per heavy atom. The van der Waals surface area contributed by atoms with Crippen molar-refractivity contribution in [3.05, 3.63) is 59.3 Å². The van der Waals surface area contributed by atoms with Gasteiger partial charge in [0.25, 0.3) is 5.91 Å². The fraction of sp³-hybridized carbons (Fsp3) is 0.519. The zero-order chi connectivity index (χ0) is 25.6. The van der Waals surface area contributed by atoms with Gasteiger partial charge in [-0.3, -0.25) is 4.79 Å². The summed E-state index contributed by atoms with van der Waals surface area (Å²) in [6, 6.07) is 11.7. The number of amides is 1. The fourth-order valence-corrected chi connectivity index (χ4v) is 4.77. The second-order valence-electron chi connectivity index (χ2n) is 9.81. The first kappa shape index (κ1) is 26.5. The normalized spacial score (nSPS) is 16.7. The lowest BCUT2D eigenvalue weighted by Gasteiger charge is -2.35. The monoisotopic (exact) mass is 487 g/mol. The van der Waals surface area contributed by atoms with Crippen molar-refractivity contribution >= 4 is 5.91 Å². The molecule has 188 valence electrons. The van der Waals surface area contributed by atoms with E-state index in [0.29, 0.717) is 30.1 Å². The molecule has 5 nitrogen and oxygen atoms in total. The maximum absolute atomic E-state index is 13.1. The largest absolute Gasteiger partial charge is 0.462 e. The Morgan fingerprint density at radius 3 is 2.51 bits per heavy atom. The maximum atomic E-state index is 13.1. The number of rotatable bonds is 8. The molecule has 1 fully saturated rings. The number of carbonyl (C=O) groups is 1. The third-order valence-corrected chi connectivity index (χ3v) is 6.92. The first-order valence-corrected chi connectivity index (χ1v) is 12.0. The van der Waals surface area contributed by atoms with Crippen LogP contribution >= 0.6 is 0 Å². The summed E-state index contributed by atoms with van der Waals surface area (Å²) in [5, 5.41) is 12.3. The van der Waals surface area contributed by atoms with Crippen LogP contribution in [0, 0.1) is 23.2 Å². The number of aromatic nitrogens is 1. The number of pyridine rings is 1. The Balaban J connectivity index is 1.72. The predicted molar refractivity (Wildman–Crippen MR) is 127 cm³/mol. The van der Waals surface area contributed by atoms with Crippen molar-refractivity contribution < 1.29 is 22.7 Å². The van der Waals surface area contributed by atoms with Gasteiger partial charge in [-0.05, 0) is 49.4 Å². The molecule has 0 radical (unpaired) electrons. The summed E-state index contributed by atoms with van der Waals surface area (Å²) in [6.07, 6.45) is 2.15. The van der Waals surface area contributed by atoms with E-state index < -0.39 is 23.2 Å². The van der Waals surface area contributed by atoms with Crippen molar-refractivity contribution in [1.29, 1.82) is 5.26 Å². The SMILES string of the molecule is CC(C1CCCCC1)C(CNC(=O)C(C)(C)Oc1ccc(C(F)(F)F)cn1)c1cccc(C#N)c1. The Bertz CT molecular complexity index is 1040. The van der Waals surface area contributed by atoms with Gasteiger partial charge in [0.2, 0.25) is 5.88 Å². The summed E-state index contributed by atoms with van der Waals surface area (Å²) >= 11 is 0. The van der Waals surface area contributed by atoms with Gasteiger partial charge in [0.05, 0.1) is 17.2 Å². The van der Waals surface area contributed by atoms with Crippen molar-refractivity contribution in [3.63, 3.8) is 0 Å². The number of benzene rings is 1. The molecule has 1 amide bonds. The molecule has 1 aliphatic rings. The van der Waals surface area contributed by atoms with Crippen LogP contribution < -0.4 is 10.1 Å². The number of nitrogens with zero attached hydrogens (tertiary/aromatic N) is 2. The Labute approximate surface area is 204 Å². The Morgan fingerprint density at radius 1 is 1.20 bits per heavy atom. The molecule has 0 bridgehead atoms. The molecule has 1 aliphatic carbocycles. The Hall–Kier alpha value is -3.08. The molecule has 2 atom stereocenters. The van der Waals surface area contributed by atoms with Crippen molar-refractivity contribution in [2.45, 2.75) is 70.6 Å². The van der Waals surface area contributed by atoms with E-state index >= 15 is 0 Å². The van der Waals surface area contributed by atoms with E-state index in [1.165, 1.54) is 19.3 Å². The lowest BCUT2D eigenvalue weighted by Crippen LogP contribution is -2.48.